The number of nitro groups is 1. The minimum Gasteiger partial charge on any atom is -0.339 e. The van der Waals surface area contributed by atoms with Crippen LogP contribution in [0.4, 0.5) is 5.69 Å². The van der Waals surface area contributed by atoms with Crippen molar-refractivity contribution in [1.29, 1.82) is 0 Å². The molecule has 0 heterocycles. The minimum absolute atomic E-state index is 0.00763. The molecular weight excluding hydrogens is 340 g/mol. The first kappa shape index (κ1) is 15.6. The third-order valence-electron chi connectivity index (χ3n) is 3.72. The third-order valence-corrected chi connectivity index (χ3v) is 4.18. The summed E-state index contributed by atoms with van der Waals surface area (Å²) < 4.78 is 0.493. The van der Waals surface area contributed by atoms with Crippen molar-refractivity contribution < 1.29 is 14.5 Å². The third kappa shape index (κ3) is 3.66. The molecule has 1 saturated carbocycles. The predicted octanol–water partition coefficient (Wildman–Crippen LogP) is 2.94. The van der Waals surface area contributed by atoms with Crippen molar-refractivity contribution in [3.63, 3.8) is 0 Å². The summed E-state index contributed by atoms with van der Waals surface area (Å²) >= 11 is 3.18. The Labute approximate surface area is 130 Å². The summed E-state index contributed by atoms with van der Waals surface area (Å²) in [6.45, 7) is 0. The smallest absolute Gasteiger partial charge is 0.271 e. The summed E-state index contributed by atoms with van der Waals surface area (Å²) in [7, 11) is 1.68. The highest BCUT2D eigenvalue weighted by molar-refractivity contribution is 9.10. The molecule has 1 aliphatic carbocycles. The lowest BCUT2D eigenvalue weighted by Gasteiger charge is -2.30. The number of benzene rings is 1. The first-order valence-corrected chi connectivity index (χ1v) is 7.41. The lowest BCUT2D eigenvalue weighted by atomic mass is 9.93. The van der Waals surface area contributed by atoms with E-state index in [1.165, 1.54) is 12.1 Å². The van der Waals surface area contributed by atoms with E-state index in [1.54, 1.807) is 18.0 Å². The largest absolute Gasteiger partial charge is 0.339 e. The molecule has 2 rings (SSSR count). The quantitative estimate of drug-likeness (QED) is 0.617. The molecule has 0 saturated heterocycles. The van der Waals surface area contributed by atoms with E-state index in [2.05, 4.69) is 15.9 Å². The Balaban J connectivity index is 2.19. The highest BCUT2D eigenvalue weighted by atomic mass is 79.9. The van der Waals surface area contributed by atoms with Gasteiger partial charge in [0.25, 0.3) is 11.6 Å². The van der Waals surface area contributed by atoms with Crippen molar-refractivity contribution in [2.24, 2.45) is 0 Å². The Morgan fingerprint density at radius 3 is 2.52 bits per heavy atom. The van der Waals surface area contributed by atoms with Gasteiger partial charge in [0.2, 0.25) is 0 Å². The van der Waals surface area contributed by atoms with Gasteiger partial charge in [-0.3, -0.25) is 19.7 Å². The number of hydrogen-bond acceptors (Lipinski definition) is 4. The number of non-ortho nitro benzene ring substituents is 1. The van der Waals surface area contributed by atoms with Crippen LogP contribution in [0.1, 0.15) is 36.0 Å². The van der Waals surface area contributed by atoms with Crippen LogP contribution in [0.5, 0.6) is 0 Å². The van der Waals surface area contributed by atoms with Gasteiger partial charge in [0.1, 0.15) is 5.78 Å². The van der Waals surface area contributed by atoms with Gasteiger partial charge < -0.3 is 4.90 Å². The molecule has 0 spiro atoms. The van der Waals surface area contributed by atoms with E-state index in [1.807, 2.05) is 0 Å². The maximum absolute atomic E-state index is 12.5. The second-order valence-corrected chi connectivity index (χ2v) is 6.06. The number of nitrogens with zero attached hydrogens (tertiary/aromatic N) is 2. The van der Waals surface area contributed by atoms with Gasteiger partial charge in [-0.05, 0) is 18.9 Å². The molecule has 21 heavy (non-hydrogen) atoms. The molecule has 112 valence electrons. The van der Waals surface area contributed by atoms with Gasteiger partial charge >= 0.3 is 0 Å². The van der Waals surface area contributed by atoms with Gasteiger partial charge in [-0.15, -0.1) is 0 Å². The number of ketones is 1. The normalized spacial score (nSPS) is 15.8. The zero-order chi connectivity index (χ0) is 15.6. The van der Waals surface area contributed by atoms with Crippen molar-refractivity contribution in [1.82, 2.24) is 4.90 Å². The average Bonchev–Trinajstić information content (AvgIpc) is 2.45. The number of rotatable bonds is 3. The first-order chi connectivity index (χ1) is 9.88. The Morgan fingerprint density at radius 1 is 1.33 bits per heavy atom. The van der Waals surface area contributed by atoms with Gasteiger partial charge in [0.05, 0.1) is 4.92 Å². The SMILES string of the molecule is CN(C(=O)c1cc(Br)cc([N+](=O)[O-])c1)C1CCC(=O)CC1. The van der Waals surface area contributed by atoms with Gasteiger partial charge in [-0.1, -0.05) is 15.9 Å². The van der Waals surface area contributed by atoms with E-state index in [0.717, 1.165) is 0 Å². The number of carbonyl (C=O) groups excluding carboxylic acids is 2. The molecule has 7 heteroatoms. The molecule has 1 aromatic carbocycles. The maximum Gasteiger partial charge on any atom is 0.271 e. The van der Waals surface area contributed by atoms with Crippen LogP contribution in [0.2, 0.25) is 0 Å². The first-order valence-electron chi connectivity index (χ1n) is 6.62. The molecule has 1 amide bonds. The number of nitro benzene ring substituents is 1. The van der Waals surface area contributed by atoms with Crippen LogP contribution in [0.3, 0.4) is 0 Å². The second kappa shape index (κ2) is 6.34. The summed E-state index contributed by atoms with van der Waals surface area (Å²) in [5.74, 6) is -0.0380. The Hall–Kier alpha value is -1.76. The number of halogens is 1. The zero-order valence-electron chi connectivity index (χ0n) is 11.5. The van der Waals surface area contributed by atoms with Crippen molar-refractivity contribution in [2.45, 2.75) is 31.7 Å². The molecule has 1 aromatic rings. The molecule has 0 unspecified atom stereocenters. The average molecular weight is 355 g/mol. The molecule has 1 aliphatic rings. The van der Waals surface area contributed by atoms with Crippen LogP contribution < -0.4 is 0 Å². The van der Waals surface area contributed by atoms with Crippen LogP contribution in [-0.4, -0.2) is 34.6 Å². The van der Waals surface area contributed by atoms with Crippen LogP contribution >= 0.6 is 15.9 Å². The van der Waals surface area contributed by atoms with E-state index < -0.39 is 4.92 Å². The molecule has 0 bridgehead atoms. The molecule has 0 atom stereocenters. The van der Waals surface area contributed by atoms with Gasteiger partial charge in [-0.25, -0.2) is 0 Å². The zero-order valence-corrected chi connectivity index (χ0v) is 13.1. The molecular formula is C14H15BrN2O4. The second-order valence-electron chi connectivity index (χ2n) is 5.14. The van der Waals surface area contributed by atoms with E-state index in [4.69, 9.17) is 0 Å². The van der Waals surface area contributed by atoms with Crippen molar-refractivity contribution in [2.75, 3.05) is 7.05 Å². The highest BCUT2D eigenvalue weighted by Crippen LogP contribution is 2.25. The molecule has 0 aliphatic heterocycles. The summed E-state index contributed by atoms with van der Waals surface area (Å²) in [4.78, 5) is 35.6. The van der Waals surface area contributed by atoms with Crippen molar-refractivity contribution >= 4 is 33.3 Å². The number of hydrogen-bond donors (Lipinski definition) is 0. The van der Waals surface area contributed by atoms with Gasteiger partial charge in [0.15, 0.2) is 0 Å². The fourth-order valence-electron chi connectivity index (χ4n) is 2.48. The summed E-state index contributed by atoms with van der Waals surface area (Å²) in [6, 6.07) is 4.21. The van der Waals surface area contributed by atoms with Crippen LogP contribution in [0, 0.1) is 10.1 Å². The van der Waals surface area contributed by atoms with Gasteiger partial charge in [-0.2, -0.15) is 0 Å². The van der Waals surface area contributed by atoms with E-state index in [9.17, 15) is 19.7 Å². The van der Waals surface area contributed by atoms with Crippen LogP contribution in [0.15, 0.2) is 22.7 Å². The molecule has 0 aromatic heterocycles. The Morgan fingerprint density at radius 2 is 1.95 bits per heavy atom. The fraction of sp³-hybridized carbons (Fsp3) is 0.429. The van der Waals surface area contributed by atoms with E-state index >= 15 is 0 Å². The lowest BCUT2D eigenvalue weighted by Crippen LogP contribution is -2.39. The fourth-order valence-corrected chi connectivity index (χ4v) is 2.97. The molecule has 0 N–H and O–H groups in total. The number of carbonyl (C=O) groups is 2. The van der Waals surface area contributed by atoms with Gasteiger partial charge in [0, 0.05) is 48.1 Å². The van der Waals surface area contributed by atoms with Crippen molar-refractivity contribution in [3.05, 3.63) is 38.3 Å². The summed E-state index contributed by atoms with van der Waals surface area (Å²) in [5, 5.41) is 10.9. The Kier molecular flexibility index (Phi) is 4.72. The molecule has 0 radical (unpaired) electrons. The summed E-state index contributed by atoms with van der Waals surface area (Å²) in [6.07, 6.45) is 2.27. The number of amides is 1. The topological polar surface area (TPSA) is 80.5 Å². The van der Waals surface area contributed by atoms with E-state index in [0.29, 0.717) is 30.2 Å². The Bertz CT molecular complexity index is 593. The summed E-state index contributed by atoms with van der Waals surface area (Å²) in [5.41, 5.74) is 0.149. The predicted molar refractivity (Wildman–Crippen MR) is 80.2 cm³/mol. The van der Waals surface area contributed by atoms with Crippen LogP contribution in [0.25, 0.3) is 0 Å². The minimum atomic E-state index is -0.527. The number of Topliss-reactive ketones (excluding diaryl/α,β-unsaturated/α-hetero) is 1. The monoisotopic (exact) mass is 354 g/mol. The highest BCUT2D eigenvalue weighted by Gasteiger charge is 2.26. The lowest BCUT2D eigenvalue weighted by molar-refractivity contribution is -0.385. The standard InChI is InChI=1S/C14H15BrN2O4/c1-16(11-2-4-13(18)5-3-11)14(19)9-6-10(15)8-12(7-9)17(20)21/h6-8,11H,2-5H2,1H3. The van der Waals surface area contributed by atoms with E-state index in [-0.39, 0.29) is 29.0 Å². The van der Waals surface area contributed by atoms with Crippen molar-refractivity contribution in [3.8, 4) is 0 Å². The maximum atomic E-state index is 12.5. The van der Waals surface area contributed by atoms with Crippen LogP contribution in [-0.2, 0) is 4.79 Å². The molecule has 1 fully saturated rings. The molecule has 6 nitrogen and oxygen atoms in total.